The Bertz CT molecular complexity index is 601. The lowest BCUT2D eigenvalue weighted by atomic mass is 9.86. The van der Waals surface area contributed by atoms with Gasteiger partial charge in [-0.3, -0.25) is 20.4 Å². The molecule has 2 amide bonds. The largest absolute Gasteiger partial charge is 0.302 e. The highest BCUT2D eigenvalue weighted by molar-refractivity contribution is 7.80. The molecular weight excluding hydrogens is 358 g/mol. The number of hydrazine groups is 1. The molecule has 1 aromatic carbocycles. The third-order valence-corrected chi connectivity index (χ3v) is 4.81. The van der Waals surface area contributed by atoms with Crippen molar-refractivity contribution in [3.8, 4) is 0 Å². The second-order valence-corrected chi connectivity index (χ2v) is 7.24. The molecule has 0 atom stereocenters. The van der Waals surface area contributed by atoms with Crippen LogP contribution in [0.5, 0.6) is 0 Å². The molecule has 1 aliphatic carbocycles. The van der Waals surface area contributed by atoms with Crippen molar-refractivity contribution in [3.63, 3.8) is 0 Å². The first-order chi connectivity index (χ1) is 12.0. The molecular formula is C18H24ClN3O2S. The number of carbonyl (C=O) groups excluding carboxylic acids is 2. The summed E-state index contributed by atoms with van der Waals surface area (Å²) in [5.74, 6) is 0.288. The van der Waals surface area contributed by atoms with Gasteiger partial charge in [0.2, 0.25) is 11.8 Å². The first kappa shape index (κ1) is 19.7. The molecule has 1 aromatic rings. The maximum absolute atomic E-state index is 11.9. The van der Waals surface area contributed by atoms with E-state index in [0.717, 1.165) is 12.0 Å². The zero-order valence-electron chi connectivity index (χ0n) is 14.1. The van der Waals surface area contributed by atoms with Gasteiger partial charge in [-0.25, -0.2) is 0 Å². The summed E-state index contributed by atoms with van der Waals surface area (Å²) in [7, 11) is 0. The van der Waals surface area contributed by atoms with Gasteiger partial charge >= 0.3 is 0 Å². The summed E-state index contributed by atoms with van der Waals surface area (Å²) in [6.07, 6.45) is 7.85. The lowest BCUT2D eigenvalue weighted by Crippen LogP contribution is -2.48. The fraction of sp³-hybridized carbons (Fsp3) is 0.500. The maximum atomic E-state index is 11.9. The second-order valence-electron chi connectivity index (χ2n) is 6.40. The summed E-state index contributed by atoms with van der Waals surface area (Å²) in [4.78, 5) is 23.7. The average Bonchev–Trinajstić information content (AvgIpc) is 2.61. The van der Waals surface area contributed by atoms with Crippen molar-refractivity contribution in [1.29, 1.82) is 0 Å². The van der Waals surface area contributed by atoms with Gasteiger partial charge in [0.1, 0.15) is 0 Å². The minimum atomic E-state index is -0.249. The van der Waals surface area contributed by atoms with E-state index in [4.69, 9.17) is 23.8 Å². The summed E-state index contributed by atoms with van der Waals surface area (Å²) in [6, 6.07) is 7.03. The Balaban J connectivity index is 1.61. The highest BCUT2D eigenvalue weighted by Gasteiger charge is 2.15. The minimum Gasteiger partial charge on any atom is -0.302 e. The van der Waals surface area contributed by atoms with Gasteiger partial charge in [-0.2, -0.15) is 0 Å². The van der Waals surface area contributed by atoms with E-state index in [1.807, 2.05) is 0 Å². The quantitative estimate of drug-likeness (QED) is 0.540. The smallest absolute Gasteiger partial charge is 0.242 e. The van der Waals surface area contributed by atoms with E-state index in [1.165, 1.54) is 32.1 Å². The Morgan fingerprint density at radius 1 is 1.04 bits per heavy atom. The Kier molecular flexibility index (Phi) is 8.15. The normalized spacial score (nSPS) is 14.6. The number of amides is 2. The number of rotatable bonds is 5. The SMILES string of the molecule is O=C(Cc1ccc(Cl)cc1)NNC(=S)NC(=O)CCC1CCCCC1. The summed E-state index contributed by atoms with van der Waals surface area (Å²) < 4.78 is 0. The molecule has 0 spiro atoms. The molecule has 0 unspecified atom stereocenters. The number of halogens is 1. The molecule has 1 saturated carbocycles. The monoisotopic (exact) mass is 381 g/mol. The summed E-state index contributed by atoms with van der Waals surface area (Å²) in [5.41, 5.74) is 5.87. The first-order valence-electron chi connectivity index (χ1n) is 8.66. The maximum Gasteiger partial charge on any atom is 0.242 e. The number of hydrogen-bond acceptors (Lipinski definition) is 3. The van der Waals surface area contributed by atoms with Crippen LogP contribution in [0.15, 0.2) is 24.3 Å². The average molecular weight is 382 g/mol. The third-order valence-electron chi connectivity index (χ3n) is 4.35. The van der Waals surface area contributed by atoms with Crippen LogP contribution in [0.4, 0.5) is 0 Å². The molecule has 2 rings (SSSR count). The Morgan fingerprint density at radius 2 is 1.72 bits per heavy atom. The van der Waals surface area contributed by atoms with Crippen molar-refractivity contribution in [2.45, 2.75) is 51.4 Å². The number of benzene rings is 1. The molecule has 1 aliphatic rings. The van der Waals surface area contributed by atoms with Crippen LogP contribution < -0.4 is 16.2 Å². The molecule has 0 aliphatic heterocycles. The fourth-order valence-corrected chi connectivity index (χ4v) is 3.28. The Morgan fingerprint density at radius 3 is 2.40 bits per heavy atom. The molecule has 1 fully saturated rings. The Labute approximate surface area is 158 Å². The van der Waals surface area contributed by atoms with Gasteiger partial charge in [0.15, 0.2) is 5.11 Å². The van der Waals surface area contributed by atoms with E-state index in [2.05, 4.69) is 16.2 Å². The van der Waals surface area contributed by atoms with E-state index in [-0.39, 0.29) is 23.3 Å². The van der Waals surface area contributed by atoms with Crippen LogP contribution in [0.1, 0.15) is 50.5 Å². The molecule has 0 heterocycles. The molecule has 0 aromatic heterocycles. The van der Waals surface area contributed by atoms with Crippen LogP contribution in [0.2, 0.25) is 5.02 Å². The summed E-state index contributed by atoms with van der Waals surface area (Å²) in [5, 5.41) is 3.33. The predicted octanol–water partition coefficient (Wildman–Crippen LogP) is 3.26. The molecule has 0 saturated heterocycles. The second kappa shape index (κ2) is 10.4. The van der Waals surface area contributed by atoms with E-state index in [0.29, 0.717) is 17.4 Å². The molecule has 7 heteroatoms. The highest BCUT2D eigenvalue weighted by Crippen LogP contribution is 2.27. The third kappa shape index (κ3) is 7.84. The zero-order chi connectivity index (χ0) is 18.1. The number of carbonyl (C=O) groups is 2. The number of nitrogens with one attached hydrogen (secondary N) is 3. The van der Waals surface area contributed by atoms with Crippen molar-refractivity contribution in [1.82, 2.24) is 16.2 Å². The van der Waals surface area contributed by atoms with Crippen LogP contribution >= 0.6 is 23.8 Å². The molecule has 25 heavy (non-hydrogen) atoms. The number of thiocarbonyl (C=S) groups is 1. The van der Waals surface area contributed by atoms with Crippen molar-refractivity contribution in [2.75, 3.05) is 0 Å². The van der Waals surface area contributed by atoms with Crippen molar-refractivity contribution in [3.05, 3.63) is 34.9 Å². The van der Waals surface area contributed by atoms with Gasteiger partial charge in [-0.1, -0.05) is 55.8 Å². The van der Waals surface area contributed by atoms with Crippen LogP contribution in [-0.4, -0.2) is 16.9 Å². The van der Waals surface area contributed by atoms with Gasteiger partial charge in [0.25, 0.3) is 0 Å². The van der Waals surface area contributed by atoms with E-state index in [9.17, 15) is 9.59 Å². The van der Waals surface area contributed by atoms with Crippen molar-refractivity contribution < 1.29 is 9.59 Å². The van der Waals surface area contributed by atoms with E-state index < -0.39 is 0 Å². The van der Waals surface area contributed by atoms with Gasteiger partial charge in [0.05, 0.1) is 6.42 Å². The number of hydrogen-bond donors (Lipinski definition) is 3. The van der Waals surface area contributed by atoms with E-state index in [1.54, 1.807) is 24.3 Å². The first-order valence-corrected chi connectivity index (χ1v) is 9.44. The topological polar surface area (TPSA) is 70.2 Å². The highest BCUT2D eigenvalue weighted by atomic mass is 35.5. The predicted molar refractivity (Wildman–Crippen MR) is 103 cm³/mol. The van der Waals surface area contributed by atoms with Crippen LogP contribution in [0, 0.1) is 5.92 Å². The minimum absolute atomic E-state index is 0.109. The molecule has 136 valence electrons. The molecule has 0 radical (unpaired) electrons. The molecule has 5 nitrogen and oxygen atoms in total. The van der Waals surface area contributed by atoms with Crippen LogP contribution in [0.3, 0.4) is 0 Å². The Hall–Kier alpha value is -1.66. The lowest BCUT2D eigenvalue weighted by Gasteiger charge is -2.21. The molecule has 3 N–H and O–H groups in total. The van der Waals surface area contributed by atoms with Gasteiger partial charge in [0, 0.05) is 11.4 Å². The standard InChI is InChI=1S/C18H24ClN3O2S/c19-15-9-6-14(7-10-15)12-17(24)21-22-18(25)20-16(23)11-8-13-4-2-1-3-5-13/h6-7,9-10,13H,1-5,8,11-12H2,(H,21,24)(H2,20,22,23,25). The molecule has 0 bridgehead atoms. The zero-order valence-corrected chi connectivity index (χ0v) is 15.7. The fourth-order valence-electron chi connectivity index (χ4n) is 2.99. The van der Waals surface area contributed by atoms with Crippen LogP contribution in [0.25, 0.3) is 0 Å². The van der Waals surface area contributed by atoms with Gasteiger partial charge < -0.3 is 5.32 Å². The van der Waals surface area contributed by atoms with Crippen LogP contribution in [-0.2, 0) is 16.0 Å². The summed E-state index contributed by atoms with van der Waals surface area (Å²) in [6.45, 7) is 0. The van der Waals surface area contributed by atoms with Gasteiger partial charge in [-0.15, -0.1) is 0 Å². The summed E-state index contributed by atoms with van der Waals surface area (Å²) >= 11 is 10.8. The van der Waals surface area contributed by atoms with Gasteiger partial charge in [-0.05, 0) is 42.3 Å². The lowest BCUT2D eigenvalue weighted by molar-refractivity contribution is -0.122. The van der Waals surface area contributed by atoms with Crippen molar-refractivity contribution >= 4 is 40.7 Å². The van der Waals surface area contributed by atoms with Crippen molar-refractivity contribution in [2.24, 2.45) is 5.92 Å². The van der Waals surface area contributed by atoms with E-state index >= 15 is 0 Å².